The van der Waals surface area contributed by atoms with E-state index in [1.54, 1.807) is 0 Å². The highest BCUT2D eigenvalue weighted by Gasteiger charge is 2.30. The minimum atomic E-state index is 0.190. The summed E-state index contributed by atoms with van der Waals surface area (Å²) in [6.07, 6.45) is 7.59. The third-order valence-electron chi connectivity index (χ3n) is 4.87. The van der Waals surface area contributed by atoms with Crippen LogP contribution in [0.3, 0.4) is 0 Å². The Labute approximate surface area is 124 Å². The van der Waals surface area contributed by atoms with Crippen LogP contribution in [0.15, 0.2) is 0 Å². The Kier molecular flexibility index (Phi) is 8.39. The second-order valence-corrected chi connectivity index (χ2v) is 6.28. The summed E-state index contributed by atoms with van der Waals surface area (Å²) in [7, 11) is 0. The molecule has 1 saturated carbocycles. The van der Waals surface area contributed by atoms with Gasteiger partial charge in [0, 0.05) is 31.5 Å². The van der Waals surface area contributed by atoms with Crippen LogP contribution in [0, 0.1) is 11.8 Å². The second kappa shape index (κ2) is 9.51. The first kappa shape index (κ1) is 17.6. The van der Waals surface area contributed by atoms with Crippen molar-refractivity contribution in [1.29, 1.82) is 0 Å². The number of carbonyl (C=O) groups is 1. The van der Waals surface area contributed by atoms with Crippen molar-refractivity contribution in [3.8, 4) is 0 Å². The van der Waals surface area contributed by atoms with E-state index < -0.39 is 0 Å². The molecule has 0 bridgehead atoms. The second-order valence-electron chi connectivity index (χ2n) is 6.28. The van der Waals surface area contributed by atoms with E-state index in [1.807, 2.05) is 0 Å². The molecule has 20 heavy (non-hydrogen) atoms. The zero-order valence-electron chi connectivity index (χ0n) is 13.6. The summed E-state index contributed by atoms with van der Waals surface area (Å²) < 4.78 is 0. The molecule has 1 rings (SSSR count). The largest absolute Gasteiger partial charge is 0.395 e. The minimum absolute atomic E-state index is 0.190. The van der Waals surface area contributed by atoms with Crippen molar-refractivity contribution in [3.05, 3.63) is 0 Å². The first-order chi connectivity index (χ1) is 9.65. The Morgan fingerprint density at radius 2 is 2.00 bits per heavy atom. The number of carbonyl (C=O) groups excluding carboxylic acids is 1. The summed E-state index contributed by atoms with van der Waals surface area (Å²) in [6, 6.07) is 0.501. The molecular formula is C17H33NO2. The van der Waals surface area contributed by atoms with Gasteiger partial charge in [-0.05, 0) is 31.6 Å². The third-order valence-corrected chi connectivity index (χ3v) is 4.87. The summed E-state index contributed by atoms with van der Waals surface area (Å²) in [6.45, 7) is 8.37. The van der Waals surface area contributed by atoms with Crippen molar-refractivity contribution in [2.75, 3.05) is 19.7 Å². The number of hydrogen-bond donors (Lipinski definition) is 1. The van der Waals surface area contributed by atoms with Crippen LogP contribution < -0.4 is 0 Å². The predicted octanol–water partition coefficient (Wildman–Crippen LogP) is 3.25. The minimum Gasteiger partial charge on any atom is -0.395 e. The maximum absolute atomic E-state index is 12.2. The number of aliphatic hydroxyl groups excluding tert-OH is 1. The highest BCUT2D eigenvalue weighted by Crippen LogP contribution is 2.30. The van der Waals surface area contributed by atoms with E-state index in [0.717, 1.165) is 44.6 Å². The molecular weight excluding hydrogens is 250 g/mol. The number of hydrogen-bond acceptors (Lipinski definition) is 3. The molecule has 1 N–H and O–H groups in total. The number of nitrogens with zero attached hydrogens (tertiary/aromatic N) is 1. The predicted molar refractivity (Wildman–Crippen MR) is 83.8 cm³/mol. The van der Waals surface area contributed by atoms with Crippen molar-refractivity contribution >= 4 is 5.78 Å². The summed E-state index contributed by atoms with van der Waals surface area (Å²) in [4.78, 5) is 14.5. The molecule has 1 aliphatic carbocycles. The number of rotatable bonds is 9. The molecule has 118 valence electrons. The fraction of sp³-hybridized carbons (Fsp3) is 0.941. The molecule has 0 saturated heterocycles. The van der Waals surface area contributed by atoms with Gasteiger partial charge in [0.15, 0.2) is 0 Å². The molecule has 2 atom stereocenters. The maximum Gasteiger partial charge on any atom is 0.137 e. The molecule has 0 spiro atoms. The van der Waals surface area contributed by atoms with E-state index in [9.17, 15) is 9.90 Å². The molecule has 0 aromatic carbocycles. The van der Waals surface area contributed by atoms with Gasteiger partial charge in [-0.3, -0.25) is 9.69 Å². The summed E-state index contributed by atoms with van der Waals surface area (Å²) in [5, 5.41) is 9.28. The van der Waals surface area contributed by atoms with Crippen molar-refractivity contribution < 1.29 is 9.90 Å². The van der Waals surface area contributed by atoms with Gasteiger partial charge in [0.2, 0.25) is 0 Å². The van der Waals surface area contributed by atoms with Crippen LogP contribution in [0.25, 0.3) is 0 Å². The molecule has 0 aliphatic heterocycles. The Morgan fingerprint density at radius 1 is 1.30 bits per heavy atom. The van der Waals surface area contributed by atoms with Crippen LogP contribution in [0.1, 0.15) is 65.7 Å². The topological polar surface area (TPSA) is 40.5 Å². The fourth-order valence-corrected chi connectivity index (χ4v) is 3.69. The number of aliphatic hydroxyl groups is 1. The SMILES string of the molecule is CCCC1CCC(=O)C(CN(CCO)C(CC)CC)C1. The highest BCUT2D eigenvalue weighted by molar-refractivity contribution is 5.81. The van der Waals surface area contributed by atoms with Gasteiger partial charge in [-0.2, -0.15) is 0 Å². The van der Waals surface area contributed by atoms with Crippen LogP contribution in [0.4, 0.5) is 0 Å². The van der Waals surface area contributed by atoms with E-state index in [-0.39, 0.29) is 12.5 Å². The van der Waals surface area contributed by atoms with Gasteiger partial charge in [0.25, 0.3) is 0 Å². The average Bonchev–Trinajstić information content (AvgIpc) is 2.44. The first-order valence-corrected chi connectivity index (χ1v) is 8.53. The fourth-order valence-electron chi connectivity index (χ4n) is 3.69. The zero-order chi connectivity index (χ0) is 15.0. The lowest BCUT2D eigenvalue weighted by Gasteiger charge is -2.36. The first-order valence-electron chi connectivity index (χ1n) is 8.53. The summed E-state index contributed by atoms with van der Waals surface area (Å²) in [5.74, 6) is 1.39. The van der Waals surface area contributed by atoms with E-state index >= 15 is 0 Å². The molecule has 0 aromatic rings. The van der Waals surface area contributed by atoms with Gasteiger partial charge in [0.1, 0.15) is 5.78 Å². The van der Waals surface area contributed by atoms with Gasteiger partial charge < -0.3 is 5.11 Å². The van der Waals surface area contributed by atoms with Crippen molar-refractivity contribution in [2.45, 2.75) is 71.8 Å². The molecule has 0 heterocycles. The van der Waals surface area contributed by atoms with Crippen molar-refractivity contribution in [3.63, 3.8) is 0 Å². The maximum atomic E-state index is 12.2. The molecule has 2 unspecified atom stereocenters. The van der Waals surface area contributed by atoms with Gasteiger partial charge in [-0.1, -0.05) is 33.6 Å². The van der Waals surface area contributed by atoms with Crippen LogP contribution in [0.2, 0.25) is 0 Å². The molecule has 3 nitrogen and oxygen atoms in total. The molecule has 0 aromatic heterocycles. The standard InChI is InChI=1S/C17H33NO2/c1-4-7-14-8-9-17(20)15(12-14)13-18(10-11-19)16(5-2)6-3/h14-16,19H,4-13H2,1-3H3. The quantitative estimate of drug-likeness (QED) is 0.706. The Morgan fingerprint density at radius 3 is 2.55 bits per heavy atom. The van der Waals surface area contributed by atoms with Gasteiger partial charge in [0.05, 0.1) is 6.61 Å². The smallest absolute Gasteiger partial charge is 0.137 e. The number of Topliss-reactive ketones (excluding diaryl/α,β-unsaturated/α-hetero) is 1. The molecule has 3 heteroatoms. The van der Waals surface area contributed by atoms with E-state index in [0.29, 0.717) is 18.4 Å². The molecule has 1 fully saturated rings. The Bertz CT molecular complexity index is 276. The summed E-state index contributed by atoms with van der Waals surface area (Å²) in [5.41, 5.74) is 0. The molecule has 0 radical (unpaired) electrons. The monoisotopic (exact) mass is 283 g/mol. The zero-order valence-corrected chi connectivity index (χ0v) is 13.6. The molecule has 0 amide bonds. The van der Waals surface area contributed by atoms with Crippen LogP contribution in [-0.4, -0.2) is 41.5 Å². The van der Waals surface area contributed by atoms with Crippen molar-refractivity contribution in [1.82, 2.24) is 4.90 Å². The van der Waals surface area contributed by atoms with E-state index in [2.05, 4.69) is 25.7 Å². The molecule has 1 aliphatic rings. The van der Waals surface area contributed by atoms with E-state index in [1.165, 1.54) is 12.8 Å². The lowest BCUT2D eigenvalue weighted by molar-refractivity contribution is -0.126. The lowest BCUT2D eigenvalue weighted by Crippen LogP contribution is -2.43. The highest BCUT2D eigenvalue weighted by atomic mass is 16.3. The Hall–Kier alpha value is -0.410. The normalized spacial score (nSPS) is 23.8. The third kappa shape index (κ3) is 5.17. The van der Waals surface area contributed by atoms with Crippen molar-refractivity contribution in [2.24, 2.45) is 11.8 Å². The average molecular weight is 283 g/mol. The van der Waals surface area contributed by atoms with Gasteiger partial charge in [-0.25, -0.2) is 0 Å². The summed E-state index contributed by atoms with van der Waals surface area (Å²) >= 11 is 0. The van der Waals surface area contributed by atoms with Crippen LogP contribution >= 0.6 is 0 Å². The van der Waals surface area contributed by atoms with E-state index in [4.69, 9.17) is 0 Å². The van der Waals surface area contributed by atoms with Gasteiger partial charge >= 0.3 is 0 Å². The Balaban J connectivity index is 2.62. The lowest BCUT2D eigenvalue weighted by atomic mass is 9.78. The van der Waals surface area contributed by atoms with Crippen LogP contribution in [-0.2, 0) is 4.79 Å². The van der Waals surface area contributed by atoms with Gasteiger partial charge in [-0.15, -0.1) is 0 Å². The number of ketones is 1. The van der Waals surface area contributed by atoms with Crippen LogP contribution in [0.5, 0.6) is 0 Å².